The topological polar surface area (TPSA) is 84.4 Å². The Labute approximate surface area is 165 Å². The molecule has 142 valence electrons. The quantitative estimate of drug-likeness (QED) is 0.449. The minimum absolute atomic E-state index is 0.185. The SMILES string of the molecule is Cc1c(C(Nc2ccn3ccnc3c2)c2ccccc2F)c(C(=O)O)nn1S. The molecule has 1 atom stereocenters. The highest BCUT2D eigenvalue weighted by Gasteiger charge is 2.29. The third-order valence-electron chi connectivity index (χ3n) is 4.56. The highest BCUT2D eigenvalue weighted by molar-refractivity contribution is 7.78. The standard InChI is InChI=1S/C19H16FN5O2S/c1-11-16(18(19(26)27)23-25(11)28)17(13-4-2-3-5-14(13)20)22-12-6-8-24-9-7-21-15(24)10-12/h2-10,17,22,28H,1H3,(H,26,27). The first-order valence-electron chi connectivity index (χ1n) is 8.41. The van der Waals surface area contributed by atoms with Crippen LogP contribution in [0.2, 0.25) is 0 Å². The molecule has 0 aliphatic heterocycles. The van der Waals surface area contributed by atoms with Gasteiger partial charge in [0.2, 0.25) is 0 Å². The van der Waals surface area contributed by atoms with E-state index < -0.39 is 17.8 Å². The maximum atomic E-state index is 14.7. The Kier molecular flexibility index (Phi) is 4.52. The van der Waals surface area contributed by atoms with Crippen molar-refractivity contribution in [2.24, 2.45) is 0 Å². The molecule has 4 aromatic rings. The molecule has 1 unspecified atom stereocenters. The van der Waals surface area contributed by atoms with E-state index in [0.29, 0.717) is 28.2 Å². The second-order valence-electron chi connectivity index (χ2n) is 6.25. The molecule has 0 amide bonds. The van der Waals surface area contributed by atoms with Crippen LogP contribution >= 0.6 is 12.8 Å². The molecule has 1 aromatic carbocycles. The number of imidazole rings is 1. The van der Waals surface area contributed by atoms with Crippen molar-refractivity contribution in [2.75, 3.05) is 5.32 Å². The molecule has 0 saturated carbocycles. The number of benzene rings is 1. The highest BCUT2D eigenvalue weighted by Crippen LogP contribution is 2.33. The smallest absolute Gasteiger partial charge is 0.356 e. The van der Waals surface area contributed by atoms with E-state index in [1.807, 2.05) is 22.9 Å². The van der Waals surface area contributed by atoms with Gasteiger partial charge >= 0.3 is 5.97 Å². The molecule has 7 nitrogen and oxygen atoms in total. The molecule has 0 fully saturated rings. The fraction of sp³-hybridized carbons (Fsp3) is 0.105. The molecule has 2 N–H and O–H groups in total. The number of aromatic nitrogens is 4. The number of fused-ring (bicyclic) bond motifs is 1. The number of nitrogens with one attached hydrogen (secondary N) is 1. The average Bonchev–Trinajstić information content (AvgIpc) is 3.25. The van der Waals surface area contributed by atoms with Crippen LogP contribution in [-0.4, -0.2) is 29.6 Å². The van der Waals surface area contributed by atoms with Gasteiger partial charge in [-0.1, -0.05) is 18.2 Å². The lowest BCUT2D eigenvalue weighted by atomic mass is 9.96. The Bertz CT molecular complexity index is 1190. The summed E-state index contributed by atoms with van der Waals surface area (Å²) in [6, 6.07) is 9.05. The number of carboxylic acids is 1. The summed E-state index contributed by atoms with van der Waals surface area (Å²) in [4.78, 5) is 16.0. The number of carbonyl (C=O) groups is 1. The van der Waals surface area contributed by atoms with Gasteiger partial charge in [-0.3, -0.25) is 0 Å². The van der Waals surface area contributed by atoms with Crippen molar-refractivity contribution in [1.29, 1.82) is 0 Å². The lowest BCUT2D eigenvalue weighted by Gasteiger charge is -2.22. The van der Waals surface area contributed by atoms with Crippen LogP contribution in [0.3, 0.4) is 0 Å². The van der Waals surface area contributed by atoms with Gasteiger partial charge in [-0.05, 0) is 31.9 Å². The Hall–Kier alpha value is -3.33. The number of halogens is 1. The van der Waals surface area contributed by atoms with E-state index in [1.54, 1.807) is 37.4 Å². The molecule has 0 bridgehead atoms. The Balaban J connectivity index is 1.88. The zero-order chi connectivity index (χ0) is 19.8. The second-order valence-corrected chi connectivity index (χ2v) is 6.63. The van der Waals surface area contributed by atoms with Crippen LogP contribution in [0.15, 0.2) is 55.0 Å². The number of pyridine rings is 1. The molecule has 28 heavy (non-hydrogen) atoms. The molecule has 4 rings (SSSR count). The average molecular weight is 397 g/mol. The van der Waals surface area contributed by atoms with E-state index in [1.165, 1.54) is 10.2 Å². The Morgan fingerprint density at radius 3 is 2.82 bits per heavy atom. The van der Waals surface area contributed by atoms with Gasteiger partial charge in [0.1, 0.15) is 11.5 Å². The predicted octanol–water partition coefficient (Wildman–Crippen LogP) is 3.57. The van der Waals surface area contributed by atoms with Gasteiger partial charge in [0.25, 0.3) is 0 Å². The third-order valence-corrected chi connectivity index (χ3v) is 4.95. The summed E-state index contributed by atoms with van der Waals surface area (Å²) in [7, 11) is 0. The van der Waals surface area contributed by atoms with Crippen LogP contribution in [0.4, 0.5) is 10.1 Å². The molecular weight excluding hydrogens is 381 g/mol. The number of thiol groups is 1. The van der Waals surface area contributed by atoms with Crippen LogP contribution in [0.25, 0.3) is 5.65 Å². The normalized spacial score (nSPS) is 12.2. The van der Waals surface area contributed by atoms with E-state index >= 15 is 0 Å². The zero-order valence-electron chi connectivity index (χ0n) is 14.7. The second kappa shape index (κ2) is 7.01. The van der Waals surface area contributed by atoms with Crippen LogP contribution in [0.5, 0.6) is 0 Å². The van der Waals surface area contributed by atoms with E-state index in [2.05, 4.69) is 28.2 Å². The molecule has 0 saturated heterocycles. The maximum Gasteiger partial charge on any atom is 0.356 e. The van der Waals surface area contributed by atoms with Crippen LogP contribution in [-0.2, 0) is 0 Å². The number of hydrogen-bond donors (Lipinski definition) is 3. The van der Waals surface area contributed by atoms with Crippen LogP contribution < -0.4 is 5.32 Å². The highest BCUT2D eigenvalue weighted by atomic mass is 32.1. The van der Waals surface area contributed by atoms with E-state index in [0.717, 1.165) is 0 Å². The van der Waals surface area contributed by atoms with Crippen molar-refractivity contribution < 1.29 is 14.3 Å². The lowest BCUT2D eigenvalue weighted by Crippen LogP contribution is -2.18. The van der Waals surface area contributed by atoms with Gasteiger partial charge < -0.3 is 14.8 Å². The molecule has 9 heteroatoms. The predicted molar refractivity (Wildman–Crippen MR) is 105 cm³/mol. The van der Waals surface area contributed by atoms with Crippen molar-refractivity contribution in [1.82, 2.24) is 18.6 Å². The van der Waals surface area contributed by atoms with E-state index in [9.17, 15) is 14.3 Å². The van der Waals surface area contributed by atoms with E-state index in [4.69, 9.17) is 0 Å². The van der Waals surface area contributed by atoms with Crippen molar-refractivity contribution in [3.63, 3.8) is 0 Å². The molecule has 0 radical (unpaired) electrons. The van der Waals surface area contributed by atoms with Gasteiger partial charge in [0, 0.05) is 41.5 Å². The molecule has 3 heterocycles. The molecule has 0 spiro atoms. The summed E-state index contributed by atoms with van der Waals surface area (Å²) in [5, 5.41) is 16.8. The van der Waals surface area contributed by atoms with Gasteiger partial charge in [-0.2, -0.15) is 5.10 Å². The number of carboxylic acid groups (broad SMARTS) is 1. The van der Waals surface area contributed by atoms with Crippen molar-refractivity contribution >= 4 is 30.1 Å². The Morgan fingerprint density at radius 1 is 1.29 bits per heavy atom. The molecule has 3 aromatic heterocycles. The zero-order valence-corrected chi connectivity index (χ0v) is 15.6. The minimum atomic E-state index is -1.21. The van der Waals surface area contributed by atoms with Crippen molar-refractivity contribution in [3.8, 4) is 0 Å². The van der Waals surface area contributed by atoms with Gasteiger partial charge in [-0.25, -0.2) is 18.3 Å². The summed E-state index contributed by atoms with van der Waals surface area (Å²) in [6.07, 6.45) is 5.30. The lowest BCUT2D eigenvalue weighted by molar-refractivity contribution is 0.0689. The number of nitrogens with zero attached hydrogens (tertiary/aromatic N) is 4. The third kappa shape index (κ3) is 3.09. The number of hydrogen-bond acceptors (Lipinski definition) is 5. The number of rotatable bonds is 5. The maximum absolute atomic E-state index is 14.7. The first-order chi connectivity index (χ1) is 13.5. The number of aromatic carboxylic acids is 1. The monoisotopic (exact) mass is 397 g/mol. The fourth-order valence-corrected chi connectivity index (χ4v) is 3.38. The Morgan fingerprint density at radius 2 is 2.07 bits per heavy atom. The van der Waals surface area contributed by atoms with Gasteiger partial charge in [0.15, 0.2) is 5.69 Å². The van der Waals surface area contributed by atoms with Gasteiger partial charge in [-0.15, -0.1) is 0 Å². The van der Waals surface area contributed by atoms with Crippen molar-refractivity contribution in [2.45, 2.75) is 13.0 Å². The van der Waals surface area contributed by atoms with Crippen molar-refractivity contribution in [3.05, 3.63) is 83.3 Å². The van der Waals surface area contributed by atoms with Gasteiger partial charge in [0.05, 0.1) is 11.7 Å². The number of anilines is 1. The van der Waals surface area contributed by atoms with E-state index in [-0.39, 0.29) is 5.69 Å². The van der Waals surface area contributed by atoms with Crippen LogP contribution in [0, 0.1) is 12.7 Å². The molecular formula is C19H16FN5O2S. The molecule has 0 aliphatic rings. The molecule has 0 aliphatic carbocycles. The summed E-state index contributed by atoms with van der Waals surface area (Å²) < 4.78 is 17.7. The first kappa shape index (κ1) is 18.1. The summed E-state index contributed by atoms with van der Waals surface area (Å²) in [6.45, 7) is 1.69. The summed E-state index contributed by atoms with van der Waals surface area (Å²) in [5.74, 6) is -1.66. The summed E-state index contributed by atoms with van der Waals surface area (Å²) >= 11 is 4.19. The summed E-state index contributed by atoms with van der Waals surface area (Å²) in [5.41, 5.74) is 2.33. The first-order valence-corrected chi connectivity index (χ1v) is 8.81. The fourth-order valence-electron chi connectivity index (χ4n) is 3.19. The van der Waals surface area contributed by atoms with Crippen LogP contribution in [0.1, 0.15) is 33.4 Å². The largest absolute Gasteiger partial charge is 0.476 e. The minimum Gasteiger partial charge on any atom is -0.476 e.